The Hall–Kier alpha value is -1.17. The molecule has 0 N–H and O–H groups in total. The molecule has 2 aliphatic rings. The number of hydrogen-bond acceptors (Lipinski definition) is 5. The number of hydrogen-bond donors (Lipinski definition) is 0. The van der Waals surface area contributed by atoms with Crippen molar-refractivity contribution in [3.63, 3.8) is 0 Å². The minimum Gasteiger partial charge on any atom is -0.380 e. The van der Waals surface area contributed by atoms with E-state index in [9.17, 15) is 8.42 Å². The number of nitriles is 1. The van der Waals surface area contributed by atoms with E-state index < -0.39 is 10.0 Å². The molecule has 3 rings (SSSR count). The first-order valence-electron chi connectivity index (χ1n) is 8.67. The molecule has 1 saturated heterocycles. The van der Waals surface area contributed by atoms with Crippen LogP contribution in [-0.4, -0.2) is 64.1 Å². The molecule has 0 aromatic heterocycles. The molecule has 0 radical (unpaired) electrons. The van der Waals surface area contributed by atoms with Gasteiger partial charge in [0, 0.05) is 26.2 Å². The van der Waals surface area contributed by atoms with Crippen molar-refractivity contribution in [2.75, 3.05) is 34.3 Å². The third-order valence-electron chi connectivity index (χ3n) is 5.70. The van der Waals surface area contributed by atoms with Crippen LogP contribution in [0, 0.1) is 23.2 Å². The molecule has 0 bridgehead atoms. The first-order chi connectivity index (χ1) is 12.3. The van der Waals surface area contributed by atoms with Gasteiger partial charge in [-0.2, -0.15) is 9.57 Å². The molecule has 1 aliphatic carbocycles. The third kappa shape index (κ3) is 3.49. The Labute approximate surface area is 160 Å². The largest absolute Gasteiger partial charge is 0.380 e. The van der Waals surface area contributed by atoms with E-state index in [-0.39, 0.29) is 16.0 Å². The van der Waals surface area contributed by atoms with E-state index in [4.69, 9.17) is 21.6 Å². The minimum atomic E-state index is -3.68. The van der Waals surface area contributed by atoms with Gasteiger partial charge in [-0.25, -0.2) is 8.42 Å². The molecule has 142 valence electrons. The number of benzene rings is 1. The lowest BCUT2D eigenvalue weighted by atomic mass is 9.77. The molecule has 6 nitrogen and oxygen atoms in total. The summed E-state index contributed by atoms with van der Waals surface area (Å²) in [5.74, 6) is 0.615. The van der Waals surface area contributed by atoms with Crippen LogP contribution in [0.5, 0.6) is 0 Å². The Morgan fingerprint density at radius 2 is 1.92 bits per heavy atom. The zero-order valence-corrected chi connectivity index (χ0v) is 16.8. The van der Waals surface area contributed by atoms with Gasteiger partial charge in [-0.3, -0.25) is 0 Å². The molecule has 4 atom stereocenters. The number of methoxy groups -OCH3 is 1. The van der Waals surface area contributed by atoms with Gasteiger partial charge in [0.2, 0.25) is 10.0 Å². The predicted molar refractivity (Wildman–Crippen MR) is 99.4 cm³/mol. The van der Waals surface area contributed by atoms with Crippen LogP contribution in [0.15, 0.2) is 23.1 Å². The Balaban J connectivity index is 1.83. The lowest BCUT2D eigenvalue weighted by molar-refractivity contribution is -0.0209. The monoisotopic (exact) mass is 397 g/mol. The van der Waals surface area contributed by atoms with E-state index in [1.54, 1.807) is 11.4 Å². The summed E-state index contributed by atoms with van der Waals surface area (Å²) in [7, 11) is 2.12. The molecule has 26 heavy (non-hydrogen) atoms. The number of nitrogens with zero attached hydrogens (tertiary/aromatic N) is 3. The SMILES string of the molecule is CO[C@@H]1C[C@H]2CN(S(=O)(=O)c3ccc(C#N)cc3Cl)C[C@H]2C[C@H]1N(C)C. The lowest BCUT2D eigenvalue weighted by Crippen LogP contribution is -2.47. The normalized spacial score (nSPS) is 29.5. The summed E-state index contributed by atoms with van der Waals surface area (Å²) in [5, 5.41) is 9.04. The first-order valence-corrected chi connectivity index (χ1v) is 10.5. The quantitative estimate of drug-likeness (QED) is 0.778. The Bertz CT molecular complexity index is 821. The van der Waals surface area contributed by atoms with Gasteiger partial charge in [0.1, 0.15) is 4.90 Å². The standard InChI is InChI=1S/C18H24ClN3O3S/c1-21(2)16-7-13-10-22(11-14(13)8-17(16)25-3)26(23,24)18-5-4-12(9-20)6-15(18)19/h4-6,13-14,16-17H,7-8,10-11H2,1-3H3/t13-,14+,16-,17-/m1/s1. The summed E-state index contributed by atoms with van der Waals surface area (Å²) in [4.78, 5) is 2.24. The van der Waals surface area contributed by atoms with Crippen molar-refractivity contribution in [3.05, 3.63) is 28.8 Å². The van der Waals surface area contributed by atoms with E-state index in [1.807, 2.05) is 20.2 Å². The highest BCUT2D eigenvalue weighted by Gasteiger charge is 2.46. The van der Waals surface area contributed by atoms with E-state index in [2.05, 4.69) is 4.90 Å². The average molecular weight is 398 g/mol. The molecule has 2 fully saturated rings. The fourth-order valence-corrected chi connectivity index (χ4v) is 6.33. The highest BCUT2D eigenvalue weighted by molar-refractivity contribution is 7.89. The molecule has 1 heterocycles. The van der Waals surface area contributed by atoms with Crippen molar-refractivity contribution in [2.45, 2.75) is 29.9 Å². The van der Waals surface area contributed by atoms with Crippen molar-refractivity contribution < 1.29 is 13.2 Å². The molecular formula is C18H24ClN3O3S. The van der Waals surface area contributed by atoms with Crippen molar-refractivity contribution >= 4 is 21.6 Å². The number of sulfonamides is 1. The summed E-state index contributed by atoms with van der Waals surface area (Å²) in [6.45, 7) is 0.993. The fraction of sp³-hybridized carbons (Fsp3) is 0.611. The van der Waals surface area contributed by atoms with Crippen LogP contribution < -0.4 is 0 Å². The summed E-state index contributed by atoms with van der Waals surface area (Å²) in [6, 6.07) is 6.59. The topological polar surface area (TPSA) is 73.6 Å². The maximum atomic E-state index is 13.1. The zero-order chi connectivity index (χ0) is 19.1. The van der Waals surface area contributed by atoms with Crippen LogP contribution >= 0.6 is 11.6 Å². The smallest absolute Gasteiger partial charge is 0.244 e. The average Bonchev–Trinajstić information content (AvgIpc) is 3.03. The van der Waals surface area contributed by atoms with Crippen LogP contribution in [0.25, 0.3) is 0 Å². The van der Waals surface area contributed by atoms with Crippen molar-refractivity contribution in [3.8, 4) is 6.07 Å². The number of likely N-dealkylation sites (N-methyl/N-ethyl adjacent to an activating group) is 1. The molecule has 0 amide bonds. The number of halogens is 1. The van der Waals surface area contributed by atoms with E-state index in [0.717, 1.165) is 12.8 Å². The Morgan fingerprint density at radius 1 is 1.27 bits per heavy atom. The van der Waals surface area contributed by atoms with Gasteiger partial charge >= 0.3 is 0 Å². The molecular weight excluding hydrogens is 374 g/mol. The Kier molecular flexibility index (Phi) is 5.61. The highest BCUT2D eigenvalue weighted by atomic mass is 35.5. The van der Waals surface area contributed by atoms with Crippen LogP contribution in [0.1, 0.15) is 18.4 Å². The second-order valence-electron chi connectivity index (χ2n) is 7.38. The van der Waals surface area contributed by atoms with Crippen LogP contribution in [0.3, 0.4) is 0 Å². The second kappa shape index (κ2) is 7.45. The van der Waals surface area contributed by atoms with Crippen LogP contribution in [-0.2, 0) is 14.8 Å². The molecule has 1 aliphatic heterocycles. The molecule has 0 unspecified atom stereocenters. The van der Waals surface area contributed by atoms with Gasteiger partial charge in [-0.15, -0.1) is 0 Å². The van der Waals surface area contributed by atoms with Gasteiger partial charge in [0.15, 0.2) is 0 Å². The highest BCUT2D eigenvalue weighted by Crippen LogP contribution is 2.41. The van der Waals surface area contributed by atoms with Gasteiger partial charge < -0.3 is 9.64 Å². The number of fused-ring (bicyclic) bond motifs is 1. The predicted octanol–water partition coefficient (Wildman–Crippen LogP) is 2.19. The molecule has 0 spiro atoms. The minimum absolute atomic E-state index is 0.0734. The molecule has 8 heteroatoms. The molecule has 1 saturated carbocycles. The maximum absolute atomic E-state index is 13.1. The second-order valence-corrected chi connectivity index (χ2v) is 9.69. The van der Waals surface area contributed by atoms with E-state index >= 15 is 0 Å². The van der Waals surface area contributed by atoms with Crippen molar-refractivity contribution in [1.29, 1.82) is 5.26 Å². The fourth-order valence-electron chi connectivity index (χ4n) is 4.26. The van der Waals surface area contributed by atoms with E-state index in [0.29, 0.717) is 36.5 Å². The van der Waals surface area contributed by atoms with Crippen LogP contribution in [0.4, 0.5) is 0 Å². The van der Waals surface area contributed by atoms with Gasteiger partial charge in [-0.1, -0.05) is 11.6 Å². The summed E-state index contributed by atoms with van der Waals surface area (Å²) >= 11 is 6.15. The Morgan fingerprint density at radius 3 is 2.46 bits per heavy atom. The maximum Gasteiger partial charge on any atom is 0.244 e. The van der Waals surface area contributed by atoms with Gasteiger partial charge in [-0.05, 0) is 57.0 Å². The zero-order valence-electron chi connectivity index (χ0n) is 15.2. The van der Waals surface area contributed by atoms with E-state index in [1.165, 1.54) is 18.2 Å². The van der Waals surface area contributed by atoms with Gasteiger partial charge in [0.25, 0.3) is 0 Å². The van der Waals surface area contributed by atoms with Crippen molar-refractivity contribution in [1.82, 2.24) is 9.21 Å². The van der Waals surface area contributed by atoms with Crippen LogP contribution in [0.2, 0.25) is 5.02 Å². The number of rotatable bonds is 4. The van der Waals surface area contributed by atoms with Gasteiger partial charge in [0.05, 0.1) is 22.8 Å². The first kappa shape index (κ1) is 19.6. The summed E-state index contributed by atoms with van der Waals surface area (Å²) < 4.78 is 33.4. The van der Waals surface area contributed by atoms with Crippen molar-refractivity contribution in [2.24, 2.45) is 11.8 Å². The molecule has 1 aromatic carbocycles. The summed E-state index contributed by atoms with van der Waals surface area (Å²) in [5.41, 5.74) is 0.348. The number of ether oxygens (including phenoxy) is 1. The molecule has 1 aromatic rings. The lowest BCUT2D eigenvalue weighted by Gasteiger charge is -2.40. The summed E-state index contributed by atoms with van der Waals surface area (Å²) in [6.07, 6.45) is 1.90. The third-order valence-corrected chi connectivity index (χ3v) is 8.01.